The average Bonchev–Trinajstić information content (AvgIpc) is 2.85. The van der Waals surface area contributed by atoms with Crippen LogP contribution in [0.2, 0.25) is 0 Å². The summed E-state index contributed by atoms with van der Waals surface area (Å²) < 4.78 is 0. The molecule has 3 aromatic rings. The van der Waals surface area contributed by atoms with E-state index in [1.807, 2.05) is 18.2 Å². The molecule has 0 fully saturated rings. The minimum Gasteiger partial charge on any atom is -0.372 e. The molecule has 0 radical (unpaired) electrons. The number of nitrogens with zero attached hydrogens (tertiary/aromatic N) is 3. The highest BCUT2D eigenvalue weighted by Gasteiger charge is 2.10. The van der Waals surface area contributed by atoms with Gasteiger partial charge in [-0.05, 0) is 75.2 Å². The van der Waals surface area contributed by atoms with Gasteiger partial charge >= 0.3 is 0 Å². The first-order chi connectivity index (χ1) is 15.5. The largest absolute Gasteiger partial charge is 0.372 e. The van der Waals surface area contributed by atoms with Crippen LogP contribution in [-0.4, -0.2) is 31.2 Å². The van der Waals surface area contributed by atoms with Crippen LogP contribution in [0.3, 0.4) is 0 Å². The Hall–Kier alpha value is -3.33. The van der Waals surface area contributed by atoms with E-state index in [0.29, 0.717) is 0 Å². The molecule has 0 amide bonds. The SMILES string of the molecule is C=C(c1ccc(N(CC)CC)cc1)c1cccc(C(=C)c2ccc(N(CC)CC)cc2)n1. The predicted molar refractivity (Wildman–Crippen MR) is 141 cm³/mol. The molecule has 0 N–H and O–H groups in total. The van der Waals surface area contributed by atoms with Crippen molar-refractivity contribution in [3.8, 4) is 0 Å². The van der Waals surface area contributed by atoms with Crippen LogP contribution in [0, 0.1) is 0 Å². The Labute approximate surface area is 193 Å². The summed E-state index contributed by atoms with van der Waals surface area (Å²) in [6, 6.07) is 23.2. The fraction of sp³-hybridized carbons (Fsp3) is 0.276. The molecule has 3 heteroatoms. The average molecular weight is 426 g/mol. The quantitative estimate of drug-likeness (QED) is 0.352. The van der Waals surface area contributed by atoms with Gasteiger partial charge in [-0.25, -0.2) is 4.98 Å². The number of hydrogen-bond acceptors (Lipinski definition) is 3. The molecule has 166 valence electrons. The fourth-order valence-electron chi connectivity index (χ4n) is 3.99. The normalized spacial score (nSPS) is 10.6. The number of anilines is 2. The van der Waals surface area contributed by atoms with Gasteiger partial charge in [-0.2, -0.15) is 0 Å². The Morgan fingerprint density at radius 2 is 0.938 bits per heavy atom. The highest BCUT2D eigenvalue weighted by atomic mass is 15.1. The summed E-state index contributed by atoms with van der Waals surface area (Å²) in [5.74, 6) is 0. The van der Waals surface area contributed by atoms with Crippen molar-refractivity contribution in [3.63, 3.8) is 0 Å². The molecule has 0 aliphatic carbocycles. The fourth-order valence-corrected chi connectivity index (χ4v) is 3.99. The van der Waals surface area contributed by atoms with Crippen LogP contribution in [0.25, 0.3) is 11.1 Å². The van der Waals surface area contributed by atoms with Crippen molar-refractivity contribution in [3.05, 3.63) is 102 Å². The molecule has 0 unspecified atom stereocenters. The first kappa shape index (κ1) is 23.3. The number of aromatic nitrogens is 1. The van der Waals surface area contributed by atoms with Gasteiger partial charge in [-0.1, -0.05) is 43.5 Å². The molecule has 32 heavy (non-hydrogen) atoms. The van der Waals surface area contributed by atoms with Gasteiger partial charge in [-0.3, -0.25) is 0 Å². The Kier molecular flexibility index (Phi) is 7.88. The smallest absolute Gasteiger partial charge is 0.0709 e. The Balaban J connectivity index is 1.80. The highest BCUT2D eigenvalue weighted by molar-refractivity contribution is 5.80. The molecular weight excluding hydrogens is 390 g/mol. The zero-order chi connectivity index (χ0) is 23.1. The van der Waals surface area contributed by atoms with E-state index < -0.39 is 0 Å². The van der Waals surface area contributed by atoms with E-state index in [2.05, 4.69) is 99.2 Å². The van der Waals surface area contributed by atoms with Gasteiger partial charge in [0.05, 0.1) is 11.4 Å². The van der Waals surface area contributed by atoms with Crippen molar-refractivity contribution in [1.82, 2.24) is 4.98 Å². The third-order valence-corrected chi connectivity index (χ3v) is 6.06. The van der Waals surface area contributed by atoms with Crippen molar-refractivity contribution in [2.45, 2.75) is 27.7 Å². The van der Waals surface area contributed by atoms with Crippen LogP contribution in [-0.2, 0) is 0 Å². The number of hydrogen-bond donors (Lipinski definition) is 0. The summed E-state index contributed by atoms with van der Waals surface area (Å²) in [4.78, 5) is 9.55. The second-order valence-electron chi connectivity index (χ2n) is 7.80. The van der Waals surface area contributed by atoms with Gasteiger partial charge in [0, 0.05) is 48.7 Å². The number of benzene rings is 2. The van der Waals surface area contributed by atoms with Crippen LogP contribution in [0.1, 0.15) is 50.2 Å². The summed E-state index contributed by atoms with van der Waals surface area (Å²) in [6.45, 7) is 21.3. The minimum atomic E-state index is 0.874. The molecule has 2 aromatic carbocycles. The van der Waals surface area contributed by atoms with Crippen molar-refractivity contribution in [2.24, 2.45) is 0 Å². The third kappa shape index (κ3) is 5.11. The van der Waals surface area contributed by atoms with E-state index in [4.69, 9.17) is 4.98 Å². The second kappa shape index (κ2) is 10.8. The lowest BCUT2D eigenvalue weighted by Gasteiger charge is -2.21. The van der Waals surface area contributed by atoms with Crippen molar-refractivity contribution in [2.75, 3.05) is 36.0 Å². The first-order valence-corrected chi connectivity index (χ1v) is 11.6. The molecular formula is C29H35N3. The Morgan fingerprint density at radius 1 is 0.594 bits per heavy atom. The molecule has 3 rings (SSSR count). The predicted octanol–water partition coefficient (Wildman–Crippen LogP) is 6.90. The zero-order valence-corrected chi connectivity index (χ0v) is 19.9. The molecule has 0 aliphatic rings. The van der Waals surface area contributed by atoms with Crippen molar-refractivity contribution in [1.29, 1.82) is 0 Å². The van der Waals surface area contributed by atoms with Crippen LogP contribution in [0.5, 0.6) is 0 Å². The molecule has 0 aliphatic heterocycles. The van der Waals surface area contributed by atoms with Crippen LogP contribution < -0.4 is 9.80 Å². The van der Waals surface area contributed by atoms with Crippen LogP contribution in [0.4, 0.5) is 11.4 Å². The van der Waals surface area contributed by atoms with Crippen LogP contribution >= 0.6 is 0 Å². The second-order valence-corrected chi connectivity index (χ2v) is 7.80. The van der Waals surface area contributed by atoms with Crippen molar-refractivity contribution >= 4 is 22.5 Å². The maximum Gasteiger partial charge on any atom is 0.0709 e. The third-order valence-electron chi connectivity index (χ3n) is 6.06. The zero-order valence-electron chi connectivity index (χ0n) is 19.9. The molecule has 3 nitrogen and oxygen atoms in total. The van der Waals surface area contributed by atoms with Gasteiger partial charge < -0.3 is 9.80 Å². The van der Waals surface area contributed by atoms with Gasteiger partial charge in [0.25, 0.3) is 0 Å². The standard InChI is InChI=1S/C29H35N3/c1-7-31(8-2)26-18-14-24(15-19-26)22(5)28-12-11-13-29(30-28)23(6)25-16-20-27(21-17-25)32(9-3)10-4/h11-21H,5-10H2,1-4H3. The summed E-state index contributed by atoms with van der Waals surface area (Å²) in [7, 11) is 0. The van der Waals surface area contributed by atoms with Gasteiger partial charge in [0.2, 0.25) is 0 Å². The monoisotopic (exact) mass is 425 g/mol. The van der Waals surface area contributed by atoms with E-state index in [1.165, 1.54) is 11.4 Å². The lowest BCUT2D eigenvalue weighted by molar-refractivity contribution is 0.866. The molecule has 0 atom stereocenters. The maximum absolute atomic E-state index is 4.89. The molecule has 0 spiro atoms. The molecule has 1 aromatic heterocycles. The van der Waals surface area contributed by atoms with Gasteiger partial charge in [0.15, 0.2) is 0 Å². The lowest BCUT2D eigenvalue weighted by atomic mass is 10.0. The Morgan fingerprint density at radius 3 is 1.25 bits per heavy atom. The van der Waals surface area contributed by atoms with Crippen LogP contribution in [0.15, 0.2) is 79.9 Å². The molecule has 0 saturated carbocycles. The summed E-state index contributed by atoms with van der Waals surface area (Å²) in [5, 5.41) is 0. The topological polar surface area (TPSA) is 19.4 Å². The summed E-state index contributed by atoms with van der Waals surface area (Å²) in [6.07, 6.45) is 0. The molecule has 0 saturated heterocycles. The van der Waals surface area contributed by atoms with E-state index >= 15 is 0 Å². The van der Waals surface area contributed by atoms with Gasteiger partial charge in [-0.15, -0.1) is 0 Å². The number of pyridine rings is 1. The summed E-state index contributed by atoms with van der Waals surface area (Å²) in [5.41, 5.74) is 8.22. The number of rotatable bonds is 10. The first-order valence-electron chi connectivity index (χ1n) is 11.6. The lowest BCUT2D eigenvalue weighted by Crippen LogP contribution is -2.21. The van der Waals surface area contributed by atoms with E-state index in [1.54, 1.807) is 0 Å². The van der Waals surface area contributed by atoms with Crippen molar-refractivity contribution < 1.29 is 0 Å². The minimum absolute atomic E-state index is 0.874. The molecule has 1 heterocycles. The summed E-state index contributed by atoms with van der Waals surface area (Å²) >= 11 is 0. The Bertz CT molecular complexity index is 958. The maximum atomic E-state index is 4.89. The van der Waals surface area contributed by atoms with Gasteiger partial charge in [0.1, 0.15) is 0 Å². The van der Waals surface area contributed by atoms with E-state index in [-0.39, 0.29) is 0 Å². The van der Waals surface area contributed by atoms with E-state index in [9.17, 15) is 0 Å². The van der Waals surface area contributed by atoms with E-state index in [0.717, 1.165) is 59.8 Å². The highest BCUT2D eigenvalue weighted by Crippen LogP contribution is 2.27. The molecule has 0 bridgehead atoms.